The van der Waals surface area contributed by atoms with Crippen molar-refractivity contribution in [3.05, 3.63) is 0 Å². The summed E-state index contributed by atoms with van der Waals surface area (Å²) in [5, 5.41) is 1.33. The molecule has 1 aliphatic rings. The van der Waals surface area contributed by atoms with Crippen LogP contribution < -0.4 is 0 Å². The Morgan fingerprint density at radius 1 is 1.71 bits per heavy atom. The Hall–Kier alpha value is -1.52. The molecule has 14 heavy (non-hydrogen) atoms. The number of aliphatic imine (C=N–C) groups is 3. The van der Waals surface area contributed by atoms with Crippen LogP contribution in [0.4, 0.5) is 0 Å². The summed E-state index contributed by atoms with van der Waals surface area (Å²) in [7, 11) is 0. The van der Waals surface area contributed by atoms with Gasteiger partial charge in [0.05, 0.1) is 6.61 Å². The molecular weight excluding hydrogens is 184 g/mol. The first-order valence-corrected chi connectivity index (χ1v) is 4.41. The lowest BCUT2D eigenvalue weighted by Crippen LogP contribution is -2.34. The predicted octanol–water partition coefficient (Wildman–Crippen LogP) is 0.710. The highest BCUT2D eigenvalue weighted by atomic mass is 16.7. The third-order valence-corrected chi connectivity index (χ3v) is 1.58. The molecule has 1 aliphatic heterocycles. The molecule has 1 atom stereocenters. The monoisotopic (exact) mass is 196 g/mol. The molecule has 1 unspecified atom stereocenters. The molecular formula is C8H12N4O2. The summed E-state index contributed by atoms with van der Waals surface area (Å²) < 4.78 is 0. The SMILES string of the molecule is CCCCON1C=NC=NC1N=C=O. The molecule has 0 amide bonds. The molecule has 0 bridgehead atoms. The van der Waals surface area contributed by atoms with Crippen LogP contribution in [-0.4, -0.2) is 36.7 Å². The minimum atomic E-state index is -0.679. The van der Waals surface area contributed by atoms with Crippen LogP contribution in [0.3, 0.4) is 0 Å². The van der Waals surface area contributed by atoms with Gasteiger partial charge in [-0.3, -0.25) is 4.84 Å². The molecule has 0 saturated heterocycles. The molecule has 1 rings (SSSR count). The molecule has 0 saturated carbocycles. The van der Waals surface area contributed by atoms with Gasteiger partial charge in [0, 0.05) is 0 Å². The maximum Gasteiger partial charge on any atom is 0.253 e. The highest BCUT2D eigenvalue weighted by molar-refractivity contribution is 5.72. The number of rotatable bonds is 5. The van der Waals surface area contributed by atoms with E-state index in [1.54, 1.807) is 0 Å². The Labute approximate surface area is 82.0 Å². The number of carbonyl (C=O) groups excluding carboxylic acids is 1. The van der Waals surface area contributed by atoms with E-state index in [1.165, 1.54) is 23.8 Å². The van der Waals surface area contributed by atoms with Crippen molar-refractivity contribution in [2.45, 2.75) is 26.1 Å². The summed E-state index contributed by atoms with van der Waals surface area (Å²) >= 11 is 0. The van der Waals surface area contributed by atoms with Gasteiger partial charge < -0.3 is 0 Å². The zero-order valence-corrected chi connectivity index (χ0v) is 7.96. The first kappa shape index (κ1) is 10.6. The molecule has 0 spiro atoms. The van der Waals surface area contributed by atoms with Gasteiger partial charge in [0.2, 0.25) is 6.08 Å². The molecule has 0 aromatic heterocycles. The lowest BCUT2D eigenvalue weighted by Gasteiger charge is -2.22. The van der Waals surface area contributed by atoms with Crippen LogP contribution in [0.5, 0.6) is 0 Å². The molecule has 0 aliphatic carbocycles. The van der Waals surface area contributed by atoms with Crippen LogP contribution in [0.15, 0.2) is 15.0 Å². The van der Waals surface area contributed by atoms with Gasteiger partial charge >= 0.3 is 0 Å². The normalized spacial score (nSPS) is 19.5. The van der Waals surface area contributed by atoms with Gasteiger partial charge in [-0.25, -0.2) is 14.8 Å². The second-order valence-electron chi connectivity index (χ2n) is 2.64. The Morgan fingerprint density at radius 2 is 2.57 bits per heavy atom. The minimum absolute atomic E-state index is 0.558. The van der Waals surface area contributed by atoms with Gasteiger partial charge in [-0.05, 0) is 6.42 Å². The molecule has 6 heteroatoms. The van der Waals surface area contributed by atoms with Gasteiger partial charge in [0.15, 0.2) is 0 Å². The smallest absolute Gasteiger partial charge is 0.253 e. The Bertz CT molecular complexity index is 271. The van der Waals surface area contributed by atoms with Crippen LogP contribution >= 0.6 is 0 Å². The second kappa shape index (κ2) is 6.01. The summed E-state index contributed by atoms with van der Waals surface area (Å²) in [5.74, 6) is 0. The molecule has 0 fully saturated rings. The van der Waals surface area contributed by atoms with E-state index in [1.807, 2.05) is 0 Å². The highest BCUT2D eigenvalue weighted by Gasteiger charge is 2.15. The van der Waals surface area contributed by atoms with Crippen molar-refractivity contribution >= 4 is 18.8 Å². The maximum atomic E-state index is 10.1. The summed E-state index contributed by atoms with van der Waals surface area (Å²) in [6.45, 7) is 2.62. The zero-order chi connectivity index (χ0) is 10.2. The van der Waals surface area contributed by atoms with Crippen LogP contribution in [0.2, 0.25) is 0 Å². The van der Waals surface area contributed by atoms with E-state index < -0.39 is 6.29 Å². The topological polar surface area (TPSA) is 66.6 Å². The molecule has 0 aromatic rings. The molecule has 76 valence electrons. The first-order valence-electron chi connectivity index (χ1n) is 4.41. The van der Waals surface area contributed by atoms with Crippen LogP contribution in [0, 0.1) is 0 Å². The van der Waals surface area contributed by atoms with Crippen LogP contribution in [0.25, 0.3) is 0 Å². The Morgan fingerprint density at radius 3 is 3.29 bits per heavy atom. The number of unbranched alkanes of at least 4 members (excludes halogenated alkanes) is 1. The fraction of sp³-hybridized carbons (Fsp3) is 0.625. The van der Waals surface area contributed by atoms with Crippen molar-refractivity contribution in [1.82, 2.24) is 5.06 Å². The van der Waals surface area contributed by atoms with Gasteiger partial charge in [-0.15, -0.1) is 0 Å². The quantitative estimate of drug-likeness (QED) is 0.369. The first-order chi connectivity index (χ1) is 6.88. The standard InChI is InChI=1S/C8H12N4O2/c1-2-3-4-14-12-6-9-5-10-8(12)11-7-13/h5-6,8H,2-4H2,1H3. The van der Waals surface area contributed by atoms with Crippen molar-refractivity contribution in [3.8, 4) is 0 Å². The van der Waals surface area contributed by atoms with Crippen LogP contribution in [0.1, 0.15) is 19.8 Å². The number of isocyanates is 1. The summed E-state index contributed by atoms with van der Waals surface area (Å²) in [4.78, 5) is 26.4. The number of hydrogen-bond donors (Lipinski definition) is 0. The zero-order valence-electron chi connectivity index (χ0n) is 7.96. The van der Waals surface area contributed by atoms with E-state index in [9.17, 15) is 4.79 Å². The molecule has 6 nitrogen and oxygen atoms in total. The summed E-state index contributed by atoms with van der Waals surface area (Å²) in [6, 6.07) is 0. The van der Waals surface area contributed by atoms with Crippen molar-refractivity contribution in [1.29, 1.82) is 0 Å². The van der Waals surface area contributed by atoms with Gasteiger partial charge in [-0.1, -0.05) is 13.3 Å². The average Bonchev–Trinajstić information content (AvgIpc) is 2.21. The van der Waals surface area contributed by atoms with E-state index in [4.69, 9.17) is 4.84 Å². The van der Waals surface area contributed by atoms with Gasteiger partial charge in [0.25, 0.3) is 6.29 Å². The van der Waals surface area contributed by atoms with Crippen molar-refractivity contribution in [2.75, 3.05) is 6.61 Å². The number of nitrogens with zero attached hydrogens (tertiary/aromatic N) is 4. The highest BCUT2D eigenvalue weighted by Crippen LogP contribution is 2.05. The van der Waals surface area contributed by atoms with Crippen molar-refractivity contribution in [2.24, 2.45) is 15.0 Å². The van der Waals surface area contributed by atoms with Crippen LogP contribution in [-0.2, 0) is 9.63 Å². The lowest BCUT2D eigenvalue weighted by atomic mass is 10.4. The van der Waals surface area contributed by atoms with Crippen molar-refractivity contribution in [3.63, 3.8) is 0 Å². The van der Waals surface area contributed by atoms with E-state index in [0.717, 1.165) is 12.8 Å². The fourth-order valence-electron chi connectivity index (χ4n) is 0.871. The predicted molar refractivity (Wildman–Crippen MR) is 51.6 cm³/mol. The summed E-state index contributed by atoms with van der Waals surface area (Å²) in [6.07, 6.45) is 5.49. The molecule has 0 aromatic carbocycles. The van der Waals surface area contributed by atoms with Gasteiger partial charge in [0.1, 0.15) is 12.7 Å². The summed E-state index contributed by atoms with van der Waals surface area (Å²) in [5.41, 5.74) is 0. The van der Waals surface area contributed by atoms with E-state index in [0.29, 0.717) is 6.61 Å². The number of hydroxylamine groups is 2. The fourth-order valence-corrected chi connectivity index (χ4v) is 0.871. The second-order valence-corrected chi connectivity index (χ2v) is 2.64. The van der Waals surface area contributed by atoms with E-state index in [-0.39, 0.29) is 0 Å². The molecule has 0 radical (unpaired) electrons. The molecule has 1 heterocycles. The van der Waals surface area contributed by atoms with E-state index >= 15 is 0 Å². The third kappa shape index (κ3) is 3.08. The Kier molecular flexibility index (Phi) is 4.54. The minimum Gasteiger partial charge on any atom is -0.269 e. The van der Waals surface area contributed by atoms with E-state index in [2.05, 4.69) is 21.9 Å². The average molecular weight is 196 g/mol. The Balaban J connectivity index is 2.44. The van der Waals surface area contributed by atoms with Crippen molar-refractivity contribution < 1.29 is 9.63 Å². The van der Waals surface area contributed by atoms with Gasteiger partial charge in [-0.2, -0.15) is 10.1 Å². The lowest BCUT2D eigenvalue weighted by molar-refractivity contribution is -0.121. The number of hydrogen-bond acceptors (Lipinski definition) is 6. The molecule has 0 N–H and O–H groups in total. The largest absolute Gasteiger partial charge is 0.269 e. The maximum absolute atomic E-state index is 10.1. The third-order valence-electron chi connectivity index (χ3n) is 1.58.